The Balaban J connectivity index is 2.61. The first-order valence-electron chi connectivity index (χ1n) is 4.95. The number of hydrogen-bond acceptors (Lipinski definition) is 4. The van der Waals surface area contributed by atoms with Crippen LogP contribution in [0.3, 0.4) is 0 Å². The molecule has 2 rings (SSSR count). The fraction of sp³-hybridized carbons (Fsp3) is 0.273. The lowest BCUT2D eigenvalue weighted by Crippen LogP contribution is -2.12. The minimum Gasteiger partial charge on any atom is -0.398 e. The maximum atomic E-state index is 5.86. The first-order chi connectivity index (χ1) is 7.18. The van der Waals surface area contributed by atoms with Crippen LogP contribution >= 0.6 is 0 Å². The normalized spacial score (nSPS) is 10.9. The zero-order chi connectivity index (χ0) is 10.8. The van der Waals surface area contributed by atoms with Crippen LogP contribution in [0.5, 0.6) is 0 Å². The van der Waals surface area contributed by atoms with Gasteiger partial charge in [0, 0.05) is 22.5 Å². The Morgan fingerprint density at radius 1 is 1.27 bits per heavy atom. The first kappa shape index (κ1) is 9.71. The van der Waals surface area contributed by atoms with Crippen molar-refractivity contribution < 1.29 is 0 Å². The first-order valence-corrected chi connectivity index (χ1v) is 4.95. The summed E-state index contributed by atoms with van der Waals surface area (Å²) < 4.78 is 0. The number of nitrogen functional groups attached to an aromatic ring is 1. The standard InChI is InChI=1S/C11H14N4/c1-7(2)14-11-8-4-3-5-10(12)9(8)6-13-15-11/h3-7H,12H2,1-2H3,(H,14,15). The third-order valence-electron chi connectivity index (χ3n) is 2.16. The largest absolute Gasteiger partial charge is 0.398 e. The molecule has 0 saturated heterocycles. The Morgan fingerprint density at radius 2 is 2.07 bits per heavy atom. The van der Waals surface area contributed by atoms with E-state index in [1.165, 1.54) is 0 Å². The second-order valence-electron chi connectivity index (χ2n) is 3.80. The van der Waals surface area contributed by atoms with Gasteiger partial charge in [0.2, 0.25) is 0 Å². The number of benzene rings is 1. The minimum atomic E-state index is 0.325. The zero-order valence-electron chi connectivity index (χ0n) is 8.86. The fourth-order valence-corrected chi connectivity index (χ4v) is 1.51. The summed E-state index contributed by atoms with van der Waals surface area (Å²) in [6, 6.07) is 6.10. The van der Waals surface area contributed by atoms with Gasteiger partial charge in [0.1, 0.15) is 0 Å². The topological polar surface area (TPSA) is 63.8 Å². The number of hydrogen-bond donors (Lipinski definition) is 2. The number of anilines is 2. The number of fused-ring (bicyclic) bond motifs is 1. The molecule has 0 aliphatic heterocycles. The molecular formula is C11H14N4. The number of aromatic nitrogens is 2. The molecule has 2 aromatic rings. The van der Waals surface area contributed by atoms with Gasteiger partial charge >= 0.3 is 0 Å². The molecule has 0 saturated carbocycles. The summed E-state index contributed by atoms with van der Waals surface area (Å²) in [5, 5.41) is 13.2. The van der Waals surface area contributed by atoms with Crippen molar-refractivity contribution in [2.45, 2.75) is 19.9 Å². The molecule has 4 heteroatoms. The van der Waals surface area contributed by atoms with Crippen LogP contribution in [0.15, 0.2) is 24.4 Å². The summed E-state index contributed by atoms with van der Waals surface area (Å²) in [6.45, 7) is 4.12. The summed E-state index contributed by atoms with van der Waals surface area (Å²) in [6.07, 6.45) is 1.69. The van der Waals surface area contributed by atoms with Gasteiger partial charge in [-0.3, -0.25) is 0 Å². The number of rotatable bonds is 2. The summed E-state index contributed by atoms with van der Waals surface area (Å²) in [7, 11) is 0. The highest BCUT2D eigenvalue weighted by Crippen LogP contribution is 2.24. The Kier molecular flexibility index (Phi) is 2.41. The Morgan fingerprint density at radius 3 is 2.80 bits per heavy atom. The van der Waals surface area contributed by atoms with Gasteiger partial charge in [-0.05, 0) is 19.9 Å². The molecule has 0 aliphatic carbocycles. The van der Waals surface area contributed by atoms with Crippen LogP contribution in [0.4, 0.5) is 11.5 Å². The van der Waals surface area contributed by atoms with Crippen molar-refractivity contribution in [2.24, 2.45) is 0 Å². The molecule has 0 aliphatic rings. The van der Waals surface area contributed by atoms with Crippen molar-refractivity contribution in [1.82, 2.24) is 10.2 Å². The van der Waals surface area contributed by atoms with E-state index in [0.717, 1.165) is 22.3 Å². The second kappa shape index (κ2) is 3.73. The van der Waals surface area contributed by atoms with Crippen molar-refractivity contribution in [2.75, 3.05) is 11.1 Å². The quantitative estimate of drug-likeness (QED) is 0.731. The molecule has 0 amide bonds. The fourth-order valence-electron chi connectivity index (χ4n) is 1.51. The van der Waals surface area contributed by atoms with E-state index in [0.29, 0.717) is 6.04 Å². The highest BCUT2D eigenvalue weighted by Gasteiger charge is 2.05. The lowest BCUT2D eigenvalue weighted by Gasteiger charge is -2.11. The minimum absolute atomic E-state index is 0.325. The smallest absolute Gasteiger partial charge is 0.156 e. The number of nitrogens with one attached hydrogen (secondary N) is 1. The van der Waals surface area contributed by atoms with E-state index in [2.05, 4.69) is 29.4 Å². The molecule has 0 radical (unpaired) electrons. The number of nitrogens with zero attached hydrogens (tertiary/aromatic N) is 2. The maximum absolute atomic E-state index is 5.86. The molecule has 0 unspecified atom stereocenters. The van der Waals surface area contributed by atoms with Crippen LogP contribution in [0.1, 0.15) is 13.8 Å². The second-order valence-corrected chi connectivity index (χ2v) is 3.80. The third kappa shape index (κ3) is 1.83. The Hall–Kier alpha value is -1.84. The molecule has 0 spiro atoms. The van der Waals surface area contributed by atoms with Crippen LogP contribution in [0.25, 0.3) is 10.8 Å². The highest BCUT2D eigenvalue weighted by molar-refractivity contribution is 5.98. The average molecular weight is 202 g/mol. The molecule has 78 valence electrons. The Bertz CT molecular complexity index is 479. The van der Waals surface area contributed by atoms with E-state index in [4.69, 9.17) is 5.73 Å². The SMILES string of the molecule is CC(C)Nc1nncc2c(N)cccc12. The molecule has 4 nitrogen and oxygen atoms in total. The predicted octanol–water partition coefficient (Wildman–Crippen LogP) is 2.03. The molecule has 0 bridgehead atoms. The lowest BCUT2D eigenvalue weighted by molar-refractivity contribution is 0.879. The van der Waals surface area contributed by atoms with Crippen molar-refractivity contribution in [3.63, 3.8) is 0 Å². The molecule has 1 aromatic heterocycles. The van der Waals surface area contributed by atoms with Crippen molar-refractivity contribution in [1.29, 1.82) is 0 Å². The van der Waals surface area contributed by atoms with E-state index in [9.17, 15) is 0 Å². The summed E-state index contributed by atoms with van der Waals surface area (Å²) in [5.74, 6) is 0.787. The summed E-state index contributed by atoms with van der Waals surface area (Å²) in [4.78, 5) is 0. The molecule has 15 heavy (non-hydrogen) atoms. The van der Waals surface area contributed by atoms with Gasteiger partial charge in [-0.25, -0.2) is 0 Å². The van der Waals surface area contributed by atoms with Crippen molar-refractivity contribution in [3.05, 3.63) is 24.4 Å². The average Bonchev–Trinajstić information content (AvgIpc) is 2.19. The predicted molar refractivity (Wildman–Crippen MR) is 62.7 cm³/mol. The van der Waals surface area contributed by atoms with Gasteiger partial charge in [0.15, 0.2) is 5.82 Å². The number of nitrogens with two attached hydrogens (primary N) is 1. The van der Waals surface area contributed by atoms with Gasteiger partial charge in [-0.15, -0.1) is 5.10 Å². The maximum Gasteiger partial charge on any atom is 0.156 e. The van der Waals surface area contributed by atoms with E-state index >= 15 is 0 Å². The van der Waals surface area contributed by atoms with E-state index in [1.807, 2.05) is 18.2 Å². The van der Waals surface area contributed by atoms with Gasteiger partial charge in [-0.1, -0.05) is 12.1 Å². The van der Waals surface area contributed by atoms with Gasteiger partial charge in [0.05, 0.1) is 6.20 Å². The monoisotopic (exact) mass is 202 g/mol. The van der Waals surface area contributed by atoms with E-state index < -0.39 is 0 Å². The van der Waals surface area contributed by atoms with Crippen LogP contribution in [-0.4, -0.2) is 16.2 Å². The van der Waals surface area contributed by atoms with Crippen LogP contribution in [0.2, 0.25) is 0 Å². The van der Waals surface area contributed by atoms with E-state index in [1.54, 1.807) is 6.20 Å². The molecule has 1 aromatic carbocycles. The zero-order valence-corrected chi connectivity index (χ0v) is 8.86. The molecule has 0 fully saturated rings. The van der Waals surface area contributed by atoms with Crippen LogP contribution in [-0.2, 0) is 0 Å². The van der Waals surface area contributed by atoms with E-state index in [-0.39, 0.29) is 0 Å². The summed E-state index contributed by atoms with van der Waals surface area (Å²) in [5.41, 5.74) is 6.59. The van der Waals surface area contributed by atoms with Gasteiger partial charge < -0.3 is 11.1 Å². The molecular weight excluding hydrogens is 188 g/mol. The van der Waals surface area contributed by atoms with Crippen LogP contribution in [0, 0.1) is 0 Å². The Labute approximate surface area is 88.5 Å². The molecule has 3 N–H and O–H groups in total. The van der Waals surface area contributed by atoms with Gasteiger partial charge in [-0.2, -0.15) is 5.10 Å². The summed E-state index contributed by atoms with van der Waals surface area (Å²) >= 11 is 0. The van der Waals surface area contributed by atoms with Crippen LogP contribution < -0.4 is 11.1 Å². The highest BCUT2D eigenvalue weighted by atomic mass is 15.2. The third-order valence-corrected chi connectivity index (χ3v) is 2.16. The lowest BCUT2D eigenvalue weighted by atomic mass is 10.1. The van der Waals surface area contributed by atoms with Gasteiger partial charge in [0.25, 0.3) is 0 Å². The van der Waals surface area contributed by atoms with Crippen molar-refractivity contribution in [3.8, 4) is 0 Å². The molecule has 0 atom stereocenters. The molecule has 1 heterocycles. The van der Waals surface area contributed by atoms with Crippen molar-refractivity contribution >= 4 is 22.3 Å².